The zero-order valence-corrected chi connectivity index (χ0v) is 8.85. The van der Waals surface area contributed by atoms with Gasteiger partial charge in [0.15, 0.2) is 5.82 Å². The van der Waals surface area contributed by atoms with Gasteiger partial charge in [0.1, 0.15) is 6.33 Å². The summed E-state index contributed by atoms with van der Waals surface area (Å²) < 4.78 is 12.4. The molecule has 6 nitrogen and oxygen atoms in total. The zero-order valence-electron chi connectivity index (χ0n) is 8.85. The van der Waals surface area contributed by atoms with Gasteiger partial charge in [0, 0.05) is 20.2 Å². The zero-order chi connectivity index (χ0) is 10.5. The van der Waals surface area contributed by atoms with E-state index < -0.39 is 0 Å². The third-order valence-corrected chi connectivity index (χ3v) is 2.42. The molecule has 0 aliphatic carbocycles. The van der Waals surface area contributed by atoms with Crippen LogP contribution in [0.3, 0.4) is 0 Å². The van der Waals surface area contributed by atoms with Gasteiger partial charge < -0.3 is 19.4 Å². The predicted molar refractivity (Wildman–Crippen MR) is 53.5 cm³/mol. The van der Waals surface area contributed by atoms with Gasteiger partial charge in [0.25, 0.3) is 0 Å². The minimum absolute atomic E-state index is 0.151. The van der Waals surface area contributed by atoms with Crippen LogP contribution in [0.15, 0.2) is 6.33 Å². The highest BCUT2D eigenvalue weighted by molar-refractivity contribution is 4.96. The molecule has 0 saturated carbocycles. The Morgan fingerprint density at radius 3 is 3.40 bits per heavy atom. The van der Waals surface area contributed by atoms with Crippen molar-refractivity contribution < 1.29 is 9.47 Å². The Morgan fingerprint density at radius 2 is 2.67 bits per heavy atom. The van der Waals surface area contributed by atoms with Crippen LogP contribution >= 0.6 is 0 Å². The normalized spacial score (nSPS) is 21.8. The second-order valence-corrected chi connectivity index (χ2v) is 3.46. The summed E-state index contributed by atoms with van der Waals surface area (Å²) in [5, 5.41) is 11.4. The molecule has 1 aliphatic rings. The van der Waals surface area contributed by atoms with Crippen LogP contribution in [0, 0.1) is 0 Å². The Balaban J connectivity index is 2.02. The van der Waals surface area contributed by atoms with E-state index in [4.69, 9.17) is 9.47 Å². The molecule has 0 spiro atoms. The second kappa shape index (κ2) is 5.20. The average molecular weight is 212 g/mol. The summed E-state index contributed by atoms with van der Waals surface area (Å²) >= 11 is 0. The molecule has 2 rings (SSSR count). The first-order valence-electron chi connectivity index (χ1n) is 5.09. The first kappa shape index (κ1) is 10.5. The maximum absolute atomic E-state index is 5.39. The maximum atomic E-state index is 5.39. The number of hydrogen-bond donors (Lipinski definition) is 1. The highest BCUT2D eigenvalue weighted by Gasteiger charge is 2.20. The van der Waals surface area contributed by atoms with Gasteiger partial charge in [-0.2, -0.15) is 0 Å². The Morgan fingerprint density at radius 1 is 1.73 bits per heavy atom. The molecule has 0 radical (unpaired) electrons. The van der Waals surface area contributed by atoms with E-state index in [0.717, 1.165) is 25.5 Å². The second-order valence-electron chi connectivity index (χ2n) is 3.46. The third kappa shape index (κ3) is 2.53. The molecule has 0 aromatic carbocycles. The van der Waals surface area contributed by atoms with Crippen molar-refractivity contribution in [2.75, 3.05) is 33.5 Å². The monoisotopic (exact) mass is 212 g/mol. The van der Waals surface area contributed by atoms with Gasteiger partial charge in [-0.1, -0.05) is 0 Å². The van der Waals surface area contributed by atoms with E-state index in [1.54, 1.807) is 13.4 Å². The molecule has 0 bridgehead atoms. The van der Waals surface area contributed by atoms with Gasteiger partial charge in [-0.25, -0.2) is 0 Å². The van der Waals surface area contributed by atoms with E-state index in [0.29, 0.717) is 13.2 Å². The summed E-state index contributed by atoms with van der Waals surface area (Å²) in [6.45, 7) is 3.73. The fourth-order valence-corrected chi connectivity index (χ4v) is 1.63. The molecular weight excluding hydrogens is 196 g/mol. The molecule has 15 heavy (non-hydrogen) atoms. The number of ether oxygens (including phenoxy) is 2. The van der Waals surface area contributed by atoms with Crippen molar-refractivity contribution in [3.63, 3.8) is 0 Å². The quantitative estimate of drug-likeness (QED) is 0.735. The minimum Gasteiger partial charge on any atom is -0.383 e. The van der Waals surface area contributed by atoms with Crippen LogP contribution in [0.1, 0.15) is 11.9 Å². The highest BCUT2D eigenvalue weighted by atomic mass is 16.5. The molecule has 1 atom stereocenters. The van der Waals surface area contributed by atoms with Crippen molar-refractivity contribution in [1.82, 2.24) is 20.1 Å². The number of nitrogens with one attached hydrogen (secondary N) is 1. The standard InChI is InChI=1S/C9H16N4O2/c1-14-5-3-13-7-11-12-9(13)8-6-15-4-2-10-8/h7-8,10H,2-6H2,1H3. The van der Waals surface area contributed by atoms with Crippen molar-refractivity contribution in [3.05, 3.63) is 12.2 Å². The summed E-state index contributed by atoms with van der Waals surface area (Å²) in [4.78, 5) is 0. The Bertz CT molecular complexity index is 296. The van der Waals surface area contributed by atoms with Gasteiger partial charge in [-0.05, 0) is 0 Å². The number of hydrogen-bond acceptors (Lipinski definition) is 5. The topological polar surface area (TPSA) is 61.2 Å². The predicted octanol–water partition coefficient (Wildman–Crippen LogP) is -0.415. The largest absolute Gasteiger partial charge is 0.383 e. The summed E-state index contributed by atoms with van der Waals surface area (Å²) in [5.41, 5.74) is 0. The lowest BCUT2D eigenvalue weighted by Gasteiger charge is -2.23. The SMILES string of the molecule is COCCn1cnnc1C1COCCN1. The lowest BCUT2D eigenvalue weighted by atomic mass is 10.2. The highest BCUT2D eigenvalue weighted by Crippen LogP contribution is 2.12. The van der Waals surface area contributed by atoms with Crippen LogP contribution < -0.4 is 5.32 Å². The van der Waals surface area contributed by atoms with Crippen molar-refractivity contribution >= 4 is 0 Å². The molecular formula is C9H16N4O2. The van der Waals surface area contributed by atoms with E-state index in [9.17, 15) is 0 Å². The van der Waals surface area contributed by atoms with Gasteiger partial charge in [0.05, 0.1) is 25.9 Å². The first-order chi connectivity index (χ1) is 7.42. The summed E-state index contributed by atoms with van der Waals surface area (Å²) in [6.07, 6.45) is 1.73. The average Bonchev–Trinajstić information content (AvgIpc) is 2.75. The molecule has 1 N–H and O–H groups in total. The minimum atomic E-state index is 0.151. The molecule has 6 heteroatoms. The molecule has 1 aliphatic heterocycles. The van der Waals surface area contributed by atoms with Crippen LogP contribution in [0.5, 0.6) is 0 Å². The molecule has 1 aromatic heterocycles. The van der Waals surface area contributed by atoms with Crippen molar-refractivity contribution in [2.24, 2.45) is 0 Å². The van der Waals surface area contributed by atoms with Crippen molar-refractivity contribution in [2.45, 2.75) is 12.6 Å². The fraction of sp³-hybridized carbons (Fsp3) is 0.778. The molecule has 1 fully saturated rings. The lowest BCUT2D eigenvalue weighted by molar-refractivity contribution is 0.0723. The third-order valence-electron chi connectivity index (χ3n) is 2.42. The van der Waals surface area contributed by atoms with Gasteiger partial charge in [-0.3, -0.25) is 0 Å². The Labute approximate surface area is 88.6 Å². The molecule has 1 unspecified atom stereocenters. The van der Waals surface area contributed by atoms with Crippen LogP contribution in [-0.2, 0) is 16.0 Å². The van der Waals surface area contributed by atoms with Gasteiger partial charge in [-0.15, -0.1) is 10.2 Å². The van der Waals surface area contributed by atoms with Gasteiger partial charge >= 0.3 is 0 Å². The number of morpholine rings is 1. The fourth-order valence-electron chi connectivity index (χ4n) is 1.63. The lowest BCUT2D eigenvalue weighted by Crippen LogP contribution is -2.36. The van der Waals surface area contributed by atoms with E-state index >= 15 is 0 Å². The summed E-state index contributed by atoms with van der Waals surface area (Å²) in [7, 11) is 1.69. The van der Waals surface area contributed by atoms with Gasteiger partial charge in [0.2, 0.25) is 0 Å². The van der Waals surface area contributed by atoms with E-state index in [1.165, 1.54) is 0 Å². The summed E-state index contributed by atoms with van der Waals surface area (Å²) in [5.74, 6) is 0.923. The maximum Gasteiger partial charge on any atom is 0.152 e. The number of rotatable bonds is 4. The van der Waals surface area contributed by atoms with Crippen molar-refractivity contribution in [3.8, 4) is 0 Å². The van der Waals surface area contributed by atoms with E-state index in [-0.39, 0.29) is 6.04 Å². The number of nitrogens with zero attached hydrogens (tertiary/aromatic N) is 3. The molecule has 1 saturated heterocycles. The van der Waals surface area contributed by atoms with Crippen LogP contribution in [0.25, 0.3) is 0 Å². The molecule has 2 heterocycles. The Hall–Kier alpha value is -0.980. The first-order valence-corrected chi connectivity index (χ1v) is 5.09. The van der Waals surface area contributed by atoms with Crippen molar-refractivity contribution in [1.29, 1.82) is 0 Å². The number of methoxy groups -OCH3 is 1. The number of aromatic nitrogens is 3. The molecule has 1 aromatic rings. The molecule has 0 amide bonds. The van der Waals surface area contributed by atoms with Crippen LogP contribution in [-0.4, -0.2) is 48.2 Å². The Kier molecular flexibility index (Phi) is 3.65. The van der Waals surface area contributed by atoms with E-state index in [2.05, 4.69) is 15.5 Å². The van der Waals surface area contributed by atoms with Crippen LogP contribution in [0.2, 0.25) is 0 Å². The van der Waals surface area contributed by atoms with Crippen LogP contribution in [0.4, 0.5) is 0 Å². The van der Waals surface area contributed by atoms with E-state index in [1.807, 2.05) is 4.57 Å². The smallest absolute Gasteiger partial charge is 0.152 e. The summed E-state index contributed by atoms with van der Waals surface area (Å²) in [6, 6.07) is 0.151. The molecule has 84 valence electrons.